The summed E-state index contributed by atoms with van der Waals surface area (Å²) >= 11 is 0. The van der Waals surface area contributed by atoms with Gasteiger partial charge in [-0.3, -0.25) is 14.6 Å². The maximum Gasteiger partial charge on any atom is 0.227 e. The van der Waals surface area contributed by atoms with Crippen LogP contribution in [0.5, 0.6) is 0 Å². The fourth-order valence-electron chi connectivity index (χ4n) is 3.99. The van der Waals surface area contributed by atoms with Gasteiger partial charge in [-0.1, -0.05) is 39.0 Å². The summed E-state index contributed by atoms with van der Waals surface area (Å²) in [5.41, 5.74) is 1.13. The number of piperidine rings is 1. The van der Waals surface area contributed by atoms with Crippen molar-refractivity contribution in [3.05, 3.63) is 65.7 Å². The van der Waals surface area contributed by atoms with Crippen molar-refractivity contribution < 1.29 is 14.0 Å². The first-order valence-corrected chi connectivity index (χ1v) is 10.4. The van der Waals surface area contributed by atoms with Crippen LogP contribution in [0.4, 0.5) is 4.39 Å². The molecule has 0 aliphatic carbocycles. The lowest BCUT2D eigenvalue weighted by Gasteiger charge is -2.37. The number of likely N-dealkylation sites (tertiary alicyclic amines) is 1. The minimum atomic E-state index is -0.416. The van der Waals surface area contributed by atoms with E-state index in [4.69, 9.17) is 0 Å². The Labute approximate surface area is 177 Å². The van der Waals surface area contributed by atoms with Gasteiger partial charge < -0.3 is 9.80 Å². The number of aromatic nitrogens is 1. The first-order valence-electron chi connectivity index (χ1n) is 10.4. The van der Waals surface area contributed by atoms with Crippen LogP contribution in [-0.4, -0.2) is 46.7 Å². The topological polar surface area (TPSA) is 53.5 Å². The minimum Gasteiger partial charge on any atom is -0.342 e. The number of nitrogens with zero attached hydrogens (tertiary/aromatic N) is 3. The van der Waals surface area contributed by atoms with Crippen LogP contribution in [0, 0.1) is 17.2 Å². The molecule has 0 saturated carbocycles. The number of benzene rings is 1. The number of halogens is 1. The van der Waals surface area contributed by atoms with Gasteiger partial charge in [-0.05, 0) is 42.7 Å². The van der Waals surface area contributed by atoms with Gasteiger partial charge in [-0.15, -0.1) is 0 Å². The molecule has 1 aliphatic rings. The van der Waals surface area contributed by atoms with Crippen molar-refractivity contribution in [2.75, 3.05) is 20.1 Å². The molecular formula is C24H30FN3O2. The summed E-state index contributed by atoms with van der Waals surface area (Å²) in [6, 6.07) is 11.4. The van der Waals surface area contributed by atoms with Gasteiger partial charge in [0.1, 0.15) is 5.82 Å². The highest BCUT2D eigenvalue weighted by molar-refractivity contribution is 5.83. The Morgan fingerprint density at radius 3 is 2.27 bits per heavy atom. The van der Waals surface area contributed by atoms with E-state index in [1.807, 2.05) is 43.9 Å². The van der Waals surface area contributed by atoms with Crippen molar-refractivity contribution in [3.8, 4) is 0 Å². The largest absolute Gasteiger partial charge is 0.342 e. The SMILES string of the molecule is CN(C(=O)C1CCN(C(=O)C(C)(C)C)CC1)C(c1ccc(F)cc1)c1ccccn1. The molecule has 5 nitrogen and oxygen atoms in total. The molecule has 0 radical (unpaired) electrons. The van der Waals surface area contributed by atoms with Crippen molar-refractivity contribution >= 4 is 11.8 Å². The molecule has 1 atom stereocenters. The highest BCUT2D eigenvalue weighted by atomic mass is 19.1. The second-order valence-corrected chi connectivity index (χ2v) is 8.97. The smallest absolute Gasteiger partial charge is 0.227 e. The normalized spacial score (nSPS) is 16.2. The predicted molar refractivity (Wildman–Crippen MR) is 114 cm³/mol. The molecule has 1 saturated heterocycles. The highest BCUT2D eigenvalue weighted by Crippen LogP contribution is 2.30. The van der Waals surface area contributed by atoms with Gasteiger partial charge >= 0.3 is 0 Å². The van der Waals surface area contributed by atoms with Crippen LogP contribution >= 0.6 is 0 Å². The molecule has 3 rings (SSSR count). The van der Waals surface area contributed by atoms with Crippen molar-refractivity contribution in [3.63, 3.8) is 0 Å². The molecule has 1 aromatic heterocycles. The Morgan fingerprint density at radius 1 is 1.10 bits per heavy atom. The van der Waals surface area contributed by atoms with E-state index in [0.29, 0.717) is 25.9 Å². The van der Waals surface area contributed by atoms with E-state index in [1.54, 1.807) is 30.3 Å². The molecule has 1 aliphatic heterocycles. The monoisotopic (exact) mass is 411 g/mol. The van der Waals surface area contributed by atoms with Crippen LogP contribution in [0.25, 0.3) is 0 Å². The molecular weight excluding hydrogens is 381 g/mol. The van der Waals surface area contributed by atoms with Gasteiger partial charge in [-0.2, -0.15) is 0 Å². The standard InChI is InChI=1S/C24H30FN3O2/c1-24(2,3)23(30)28-15-12-18(13-16-28)22(29)27(4)21(20-7-5-6-14-26-20)17-8-10-19(25)11-9-17/h5-11,14,18,21H,12-13,15-16H2,1-4H3. The van der Waals surface area contributed by atoms with Crippen LogP contribution in [0.2, 0.25) is 0 Å². The highest BCUT2D eigenvalue weighted by Gasteiger charge is 2.35. The summed E-state index contributed by atoms with van der Waals surface area (Å²) in [6.45, 7) is 6.93. The van der Waals surface area contributed by atoms with Crippen molar-refractivity contribution in [2.24, 2.45) is 11.3 Å². The average molecular weight is 412 g/mol. The molecule has 2 amide bonds. The number of carbonyl (C=O) groups is 2. The molecule has 6 heteroatoms. The first-order chi connectivity index (χ1) is 14.2. The lowest BCUT2D eigenvalue weighted by Crippen LogP contribution is -2.47. The predicted octanol–water partition coefficient (Wildman–Crippen LogP) is 4.05. The average Bonchev–Trinajstić information content (AvgIpc) is 2.74. The number of amides is 2. The van der Waals surface area contributed by atoms with Gasteiger partial charge in [0.2, 0.25) is 11.8 Å². The third kappa shape index (κ3) is 4.86. The second kappa shape index (κ2) is 8.94. The molecule has 2 aromatic rings. The van der Waals surface area contributed by atoms with E-state index < -0.39 is 11.5 Å². The third-order valence-electron chi connectivity index (χ3n) is 5.66. The zero-order valence-electron chi connectivity index (χ0n) is 18.1. The van der Waals surface area contributed by atoms with E-state index in [0.717, 1.165) is 11.3 Å². The van der Waals surface area contributed by atoms with Crippen LogP contribution in [-0.2, 0) is 9.59 Å². The second-order valence-electron chi connectivity index (χ2n) is 8.97. The van der Waals surface area contributed by atoms with E-state index in [-0.39, 0.29) is 23.5 Å². The van der Waals surface area contributed by atoms with Crippen LogP contribution in [0.3, 0.4) is 0 Å². The third-order valence-corrected chi connectivity index (χ3v) is 5.66. The Bertz CT molecular complexity index is 870. The molecule has 0 spiro atoms. The fourth-order valence-corrected chi connectivity index (χ4v) is 3.99. The zero-order valence-corrected chi connectivity index (χ0v) is 18.1. The van der Waals surface area contributed by atoms with Gasteiger partial charge in [-0.25, -0.2) is 4.39 Å². The molecule has 1 fully saturated rings. The molecule has 30 heavy (non-hydrogen) atoms. The number of hydrogen-bond acceptors (Lipinski definition) is 3. The Morgan fingerprint density at radius 2 is 1.73 bits per heavy atom. The van der Waals surface area contributed by atoms with Crippen molar-refractivity contribution in [1.29, 1.82) is 0 Å². The summed E-state index contributed by atoms with van der Waals surface area (Å²) < 4.78 is 13.5. The van der Waals surface area contributed by atoms with Gasteiger partial charge in [0.25, 0.3) is 0 Å². The lowest BCUT2D eigenvalue weighted by atomic mass is 9.90. The number of carbonyl (C=O) groups excluding carboxylic acids is 2. The Kier molecular flexibility index (Phi) is 6.54. The van der Waals surface area contributed by atoms with E-state index >= 15 is 0 Å². The Hall–Kier alpha value is -2.76. The Balaban J connectivity index is 1.77. The number of rotatable bonds is 4. The summed E-state index contributed by atoms with van der Waals surface area (Å²) in [7, 11) is 1.78. The van der Waals surface area contributed by atoms with Crippen LogP contribution in [0.15, 0.2) is 48.7 Å². The summed E-state index contributed by atoms with van der Waals surface area (Å²) in [5, 5.41) is 0. The van der Waals surface area contributed by atoms with Crippen LogP contribution < -0.4 is 0 Å². The molecule has 1 unspecified atom stereocenters. The maximum absolute atomic E-state index is 13.5. The molecule has 160 valence electrons. The molecule has 2 heterocycles. The van der Waals surface area contributed by atoms with E-state index in [2.05, 4.69) is 4.98 Å². The molecule has 0 bridgehead atoms. The number of pyridine rings is 1. The number of hydrogen-bond donors (Lipinski definition) is 0. The summed E-state index contributed by atoms with van der Waals surface area (Å²) in [4.78, 5) is 33.9. The first kappa shape index (κ1) is 21.9. The fraction of sp³-hybridized carbons (Fsp3) is 0.458. The summed E-state index contributed by atoms with van der Waals surface area (Å²) in [6.07, 6.45) is 2.98. The van der Waals surface area contributed by atoms with Crippen molar-refractivity contribution in [2.45, 2.75) is 39.7 Å². The van der Waals surface area contributed by atoms with Gasteiger partial charge in [0.15, 0.2) is 0 Å². The van der Waals surface area contributed by atoms with E-state index in [9.17, 15) is 14.0 Å². The molecule has 0 N–H and O–H groups in total. The quantitative estimate of drug-likeness (QED) is 0.763. The zero-order chi connectivity index (χ0) is 21.9. The van der Waals surface area contributed by atoms with Gasteiger partial charge in [0, 0.05) is 37.7 Å². The van der Waals surface area contributed by atoms with Crippen molar-refractivity contribution in [1.82, 2.24) is 14.8 Å². The van der Waals surface area contributed by atoms with E-state index in [1.165, 1.54) is 12.1 Å². The van der Waals surface area contributed by atoms with Gasteiger partial charge in [0.05, 0.1) is 11.7 Å². The minimum absolute atomic E-state index is 0.0258. The summed E-state index contributed by atoms with van der Waals surface area (Å²) in [5.74, 6) is -0.314. The van der Waals surface area contributed by atoms with Crippen LogP contribution in [0.1, 0.15) is 50.9 Å². The lowest BCUT2D eigenvalue weighted by molar-refractivity contribution is -0.145. The molecule has 1 aromatic carbocycles. The maximum atomic E-state index is 13.5.